The molecule has 0 heterocycles. The van der Waals surface area contributed by atoms with Crippen molar-refractivity contribution in [2.24, 2.45) is 0 Å². The molecule has 1 N–H and O–H groups in total. The fourth-order valence-electron chi connectivity index (χ4n) is 1.44. The van der Waals surface area contributed by atoms with E-state index < -0.39 is 4.92 Å². The normalized spacial score (nSPS) is 11.9. The number of halogens is 1. The van der Waals surface area contributed by atoms with Gasteiger partial charge in [0.25, 0.3) is 5.69 Å². The van der Waals surface area contributed by atoms with E-state index in [1.807, 2.05) is 13.0 Å². The molecule has 0 amide bonds. The molecule has 92 valence electrons. The lowest BCUT2D eigenvalue weighted by atomic mass is 10.1. The Bertz CT molecular complexity index is 421. The lowest BCUT2D eigenvalue weighted by Crippen LogP contribution is -2.15. The summed E-state index contributed by atoms with van der Waals surface area (Å²) in [7, 11) is 0. The van der Waals surface area contributed by atoms with E-state index in [1.54, 1.807) is 6.07 Å². The van der Waals surface area contributed by atoms with Gasteiger partial charge in [-0.15, -0.1) is 6.58 Å². The Kier molecular flexibility index (Phi) is 5.15. The number of allylic oxidation sites excluding steroid dienone is 1. The number of nitro groups is 1. The van der Waals surface area contributed by atoms with E-state index in [-0.39, 0.29) is 11.7 Å². The third kappa shape index (κ3) is 4.19. The molecule has 0 fully saturated rings. The number of non-ortho nitro benzene ring substituents is 1. The fourth-order valence-corrected chi connectivity index (χ4v) is 1.80. The molecule has 0 aliphatic carbocycles. The average Bonchev–Trinajstić information content (AvgIpc) is 2.29. The molecular weight excluding hydrogens is 284 g/mol. The first-order chi connectivity index (χ1) is 8.04. The fraction of sp³-hybridized carbons (Fsp3) is 0.333. The highest BCUT2D eigenvalue weighted by molar-refractivity contribution is 9.10. The summed E-state index contributed by atoms with van der Waals surface area (Å²) in [5.74, 6) is 0. The highest BCUT2D eigenvalue weighted by atomic mass is 79.9. The SMILES string of the molecule is C=CCCC(C)Nc1cc([N+](=O)[O-])ccc1Br. The molecule has 0 radical (unpaired) electrons. The number of nitrogens with one attached hydrogen (secondary N) is 1. The predicted octanol–water partition coefficient (Wildman–Crippen LogP) is 4.12. The smallest absolute Gasteiger partial charge is 0.271 e. The van der Waals surface area contributed by atoms with Crippen LogP contribution in [-0.2, 0) is 0 Å². The summed E-state index contributed by atoms with van der Waals surface area (Å²) in [6, 6.07) is 4.94. The Morgan fingerprint density at radius 3 is 2.94 bits per heavy atom. The first kappa shape index (κ1) is 13.7. The summed E-state index contributed by atoms with van der Waals surface area (Å²) in [5, 5.41) is 13.9. The number of anilines is 1. The molecule has 0 aliphatic rings. The van der Waals surface area contributed by atoms with Crippen LogP contribution in [0.4, 0.5) is 11.4 Å². The second kappa shape index (κ2) is 6.39. The molecule has 17 heavy (non-hydrogen) atoms. The molecule has 0 spiro atoms. The summed E-state index contributed by atoms with van der Waals surface area (Å²) >= 11 is 3.37. The molecule has 1 unspecified atom stereocenters. The van der Waals surface area contributed by atoms with E-state index in [1.165, 1.54) is 12.1 Å². The highest BCUT2D eigenvalue weighted by Crippen LogP contribution is 2.28. The van der Waals surface area contributed by atoms with Crippen molar-refractivity contribution in [3.05, 3.63) is 45.4 Å². The molecule has 0 aliphatic heterocycles. The first-order valence-electron chi connectivity index (χ1n) is 5.36. The number of hydrogen-bond donors (Lipinski definition) is 1. The quantitative estimate of drug-likeness (QED) is 0.488. The maximum atomic E-state index is 10.7. The molecule has 1 aromatic carbocycles. The van der Waals surface area contributed by atoms with E-state index in [0.717, 1.165) is 23.0 Å². The highest BCUT2D eigenvalue weighted by Gasteiger charge is 2.10. The van der Waals surface area contributed by atoms with Gasteiger partial charge in [-0.3, -0.25) is 10.1 Å². The third-order valence-corrected chi connectivity index (χ3v) is 3.06. The van der Waals surface area contributed by atoms with Gasteiger partial charge in [0, 0.05) is 22.6 Å². The van der Waals surface area contributed by atoms with Crippen molar-refractivity contribution in [2.75, 3.05) is 5.32 Å². The summed E-state index contributed by atoms with van der Waals surface area (Å²) in [5.41, 5.74) is 0.836. The van der Waals surface area contributed by atoms with Gasteiger partial charge >= 0.3 is 0 Å². The molecule has 1 atom stereocenters. The molecule has 1 rings (SSSR count). The van der Waals surface area contributed by atoms with E-state index >= 15 is 0 Å². The van der Waals surface area contributed by atoms with Crippen LogP contribution in [0.2, 0.25) is 0 Å². The van der Waals surface area contributed by atoms with Crippen LogP contribution in [0.1, 0.15) is 19.8 Å². The van der Waals surface area contributed by atoms with E-state index in [2.05, 4.69) is 27.8 Å². The standard InChI is InChI=1S/C12H15BrN2O2/c1-3-4-5-9(2)14-12-8-10(15(16)17)6-7-11(12)13/h3,6-9,14H,1,4-5H2,2H3. The van der Waals surface area contributed by atoms with Crippen molar-refractivity contribution in [3.8, 4) is 0 Å². The van der Waals surface area contributed by atoms with Gasteiger partial charge in [-0.1, -0.05) is 6.08 Å². The minimum Gasteiger partial charge on any atom is -0.381 e. The van der Waals surface area contributed by atoms with Gasteiger partial charge in [0.15, 0.2) is 0 Å². The molecule has 0 aromatic heterocycles. The number of nitrogens with zero attached hydrogens (tertiary/aromatic N) is 1. The van der Waals surface area contributed by atoms with E-state index in [4.69, 9.17) is 0 Å². The summed E-state index contributed by atoms with van der Waals surface area (Å²) < 4.78 is 0.827. The summed E-state index contributed by atoms with van der Waals surface area (Å²) in [4.78, 5) is 10.3. The number of benzene rings is 1. The molecule has 0 saturated carbocycles. The van der Waals surface area contributed by atoms with Crippen LogP contribution >= 0.6 is 15.9 Å². The van der Waals surface area contributed by atoms with Crippen molar-refractivity contribution >= 4 is 27.3 Å². The third-order valence-electron chi connectivity index (χ3n) is 2.37. The summed E-state index contributed by atoms with van der Waals surface area (Å²) in [6.07, 6.45) is 3.72. The van der Waals surface area contributed by atoms with E-state index in [0.29, 0.717) is 0 Å². The second-order valence-electron chi connectivity index (χ2n) is 3.83. The molecule has 0 bridgehead atoms. The molecule has 5 heteroatoms. The molecule has 4 nitrogen and oxygen atoms in total. The van der Waals surface area contributed by atoms with Crippen molar-refractivity contribution in [1.29, 1.82) is 0 Å². The maximum Gasteiger partial charge on any atom is 0.271 e. The largest absolute Gasteiger partial charge is 0.381 e. The molecule has 0 saturated heterocycles. The number of hydrogen-bond acceptors (Lipinski definition) is 3. The van der Waals surface area contributed by atoms with Crippen molar-refractivity contribution in [3.63, 3.8) is 0 Å². The van der Waals surface area contributed by atoms with Crippen molar-refractivity contribution in [1.82, 2.24) is 0 Å². The Morgan fingerprint density at radius 2 is 2.35 bits per heavy atom. The van der Waals surface area contributed by atoms with Gasteiger partial charge in [-0.05, 0) is 41.8 Å². The zero-order valence-corrected chi connectivity index (χ0v) is 11.2. The maximum absolute atomic E-state index is 10.7. The van der Waals surface area contributed by atoms with Crippen LogP contribution in [0.15, 0.2) is 35.3 Å². The Morgan fingerprint density at radius 1 is 1.65 bits per heavy atom. The van der Waals surface area contributed by atoms with Crippen molar-refractivity contribution in [2.45, 2.75) is 25.8 Å². The lowest BCUT2D eigenvalue weighted by molar-refractivity contribution is -0.384. The van der Waals surface area contributed by atoms with Gasteiger partial charge in [0.2, 0.25) is 0 Å². The minimum absolute atomic E-state index is 0.0895. The summed E-state index contributed by atoms with van der Waals surface area (Å²) in [6.45, 7) is 5.70. The predicted molar refractivity (Wildman–Crippen MR) is 73.3 cm³/mol. The Hall–Kier alpha value is -1.36. The van der Waals surface area contributed by atoms with Crippen molar-refractivity contribution < 1.29 is 4.92 Å². The van der Waals surface area contributed by atoms with Gasteiger partial charge in [-0.2, -0.15) is 0 Å². The topological polar surface area (TPSA) is 55.2 Å². The van der Waals surface area contributed by atoms with Crippen LogP contribution in [0.25, 0.3) is 0 Å². The number of rotatable bonds is 6. The van der Waals surface area contributed by atoms with Crippen LogP contribution in [0.5, 0.6) is 0 Å². The van der Waals surface area contributed by atoms with Gasteiger partial charge in [0.05, 0.1) is 10.6 Å². The lowest BCUT2D eigenvalue weighted by Gasteiger charge is -2.15. The molecular formula is C12H15BrN2O2. The van der Waals surface area contributed by atoms with E-state index in [9.17, 15) is 10.1 Å². The van der Waals surface area contributed by atoms with Crippen LogP contribution < -0.4 is 5.32 Å². The van der Waals surface area contributed by atoms with Crippen LogP contribution in [-0.4, -0.2) is 11.0 Å². The van der Waals surface area contributed by atoms with Crippen LogP contribution in [0.3, 0.4) is 0 Å². The molecule has 1 aromatic rings. The van der Waals surface area contributed by atoms with Gasteiger partial charge in [0.1, 0.15) is 0 Å². The monoisotopic (exact) mass is 298 g/mol. The van der Waals surface area contributed by atoms with Gasteiger partial charge in [-0.25, -0.2) is 0 Å². The van der Waals surface area contributed by atoms with Crippen LogP contribution in [0, 0.1) is 10.1 Å². The van der Waals surface area contributed by atoms with Gasteiger partial charge < -0.3 is 5.32 Å². The zero-order chi connectivity index (χ0) is 12.8. The second-order valence-corrected chi connectivity index (χ2v) is 4.69. The first-order valence-corrected chi connectivity index (χ1v) is 6.15. The minimum atomic E-state index is -0.397. The number of nitro benzene ring substituents is 1. The zero-order valence-electron chi connectivity index (χ0n) is 9.65. The Balaban J connectivity index is 2.78. The Labute approximate surface area is 109 Å². The average molecular weight is 299 g/mol.